The van der Waals surface area contributed by atoms with Gasteiger partial charge in [0.1, 0.15) is 11.5 Å². The number of carbonyl (C=O) groups is 1. The summed E-state index contributed by atoms with van der Waals surface area (Å²) in [5.41, 5.74) is 0.534. The molecule has 0 aromatic carbocycles. The van der Waals surface area contributed by atoms with Crippen LogP contribution < -0.4 is 0 Å². The van der Waals surface area contributed by atoms with E-state index in [9.17, 15) is 4.79 Å². The first-order chi connectivity index (χ1) is 7.20. The zero-order valence-electron chi connectivity index (χ0n) is 9.32. The highest BCUT2D eigenvalue weighted by Gasteiger charge is 2.14. The lowest BCUT2D eigenvalue weighted by molar-refractivity contribution is 0.0588. The minimum absolute atomic E-state index is 0.322. The van der Waals surface area contributed by atoms with Crippen LogP contribution >= 0.6 is 11.8 Å². The molecular formula is C10H16N2O2S. The molecule has 0 bridgehead atoms. The highest BCUT2D eigenvalue weighted by Crippen LogP contribution is 2.08. The molecule has 0 N–H and O–H groups in total. The predicted octanol–water partition coefficient (Wildman–Crippen LogP) is 1.73. The van der Waals surface area contributed by atoms with Crippen molar-refractivity contribution >= 4 is 17.7 Å². The lowest BCUT2D eigenvalue weighted by atomic mass is 10.4. The van der Waals surface area contributed by atoms with Crippen molar-refractivity contribution in [3.05, 3.63) is 17.7 Å². The Morgan fingerprint density at radius 2 is 2.40 bits per heavy atom. The lowest BCUT2D eigenvalue weighted by Crippen LogP contribution is -2.13. The van der Waals surface area contributed by atoms with Gasteiger partial charge in [0.05, 0.1) is 13.3 Å². The van der Waals surface area contributed by atoms with Crippen molar-refractivity contribution in [3.8, 4) is 0 Å². The highest BCUT2D eigenvalue weighted by molar-refractivity contribution is 7.99. The third-order valence-corrected chi connectivity index (χ3v) is 2.99. The molecule has 0 saturated carbocycles. The third-order valence-electron chi connectivity index (χ3n) is 2.11. The molecule has 84 valence electrons. The van der Waals surface area contributed by atoms with Gasteiger partial charge in [0.15, 0.2) is 0 Å². The van der Waals surface area contributed by atoms with Gasteiger partial charge in [-0.2, -0.15) is 11.8 Å². The van der Waals surface area contributed by atoms with Crippen molar-refractivity contribution in [2.24, 2.45) is 0 Å². The summed E-state index contributed by atoms with van der Waals surface area (Å²) >= 11 is 1.84. The average molecular weight is 228 g/mol. The Hall–Kier alpha value is -0.970. The van der Waals surface area contributed by atoms with E-state index in [-0.39, 0.29) is 5.97 Å². The minimum atomic E-state index is -0.322. The summed E-state index contributed by atoms with van der Waals surface area (Å²) < 4.78 is 6.59. The fraction of sp³-hybridized carbons (Fsp3) is 0.600. The van der Waals surface area contributed by atoms with Gasteiger partial charge >= 0.3 is 5.97 Å². The van der Waals surface area contributed by atoms with Gasteiger partial charge in [-0.1, -0.05) is 6.92 Å². The van der Waals surface area contributed by atoms with Gasteiger partial charge in [0.25, 0.3) is 0 Å². The number of ether oxygens (including phenoxy) is 1. The number of aryl methyl sites for hydroxylation is 1. The van der Waals surface area contributed by atoms with Crippen LogP contribution in [0.4, 0.5) is 0 Å². The largest absolute Gasteiger partial charge is 0.464 e. The van der Waals surface area contributed by atoms with E-state index in [2.05, 4.69) is 16.6 Å². The van der Waals surface area contributed by atoms with Crippen LogP contribution in [0.3, 0.4) is 0 Å². The lowest BCUT2D eigenvalue weighted by Gasteiger charge is -2.07. The van der Waals surface area contributed by atoms with Crippen molar-refractivity contribution in [2.45, 2.75) is 20.4 Å². The fourth-order valence-corrected chi connectivity index (χ4v) is 1.92. The molecule has 1 aromatic heterocycles. The van der Waals surface area contributed by atoms with Crippen LogP contribution in [0.25, 0.3) is 0 Å². The quantitative estimate of drug-likeness (QED) is 0.568. The molecule has 1 heterocycles. The number of hydrogen-bond donors (Lipinski definition) is 0. The monoisotopic (exact) mass is 228 g/mol. The maximum atomic E-state index is 11.4. The average Bonchev–Trinajstić information content (AvgIpc) is 2.60. The molecule has 0 fully saturated rings. The number of methoxy groups -OCH3 is 1. The van der Waals surface area contributed by atoms with Gasteiger partial charge in [-0.25, -0.2) is 9.78 Å². The summed E-state index contributed by atoms with van der Waals surface area (Å²) in [4.78, 5) is 15.5. The second-order valence-electron chi connectivity index (χ2n) is 3.03. The number of rotatable bonds is 5. The van der Waals surface area contributed by atoms with E-state index in [4.69, 9.17) is 0 Å². The molecule has 0 unspecified atom stereocenters. The highest BCUT2D eigenvalue weighted by atomic mass is 32.2. The molecule has 1 rings (SSSR count). The van der Waals surface area contributed by atoms with Gasteiger partial charge in [0, 0.05) is 12.3 Å². The summed E-state index contributed by atoms with van der Waals surface area (Å²) in [7, 11) is 1.38. The van der Waals surface area contributed by atoms with Crippen molar-refractivity contribution in [3.63, 3.8) is 0 Å². The summed E-state index contributed by atoms with van der Waals surface area (Å²) in [6.07, 6.45) is 1.57. The van der Waals surface area contributed by atoms with Crippen molar-refractivity contribution in [1.82, 2.24) is 9.55 Å². The zero-order valence-corrected chi connectivity index (χ0v) is 10.1. The van der Waals surface area contributed by atoms with Gasteiger partial charge in [0.2, 0.25) is 0 Å². The molecule has 15 heavy (non-hydrogen) atoms. The Kier molecular flexibility index (Phi) is 4.68. The van der Waals surface area contributed by atoms with E-state index >= 15 is 0 Å². The predicted molar refractivity (Wildman–Crippen MR) is 61.3 cm³/mol. The number of hydrogen-bond acceptors (Lipinski definition) is 4. The summed E-state index contributed by atoms with van der Waals surface area (Å²) in [5, 5.41) is 0. The summed E-state index contributed by atoms with van der Waals surface area (Å²) in [6.45, 7) is 4.81. The molecule has 5 heteroatoms. The van der Waals surface area contributed by atoms with E-state index in [1.165, 1.54) is 7.11 Å². The Balaban J connectivity index is 2.75. The number of nitrogens with zero attached hydrogens (tertiary/aromatic N) is 2. The number of thioether (sulfide) groups is 1. The second-order valence-corrected chi connectivity index (χ2v) is 4.42. The molecule has 0 aliphatic carbocycles. The minimum Gasteiger partial charge on any atom is -0.464 e. The number of aromatic nitrogens is 2. The molecule has 0 aliphatic rings. The molecule has 0 saturated heterocycles. The van der Waals surface area contributed by atoms with Crippen LogP contribution in [-0.2, 0) is 11.3 Å². The maximum absolute atomic E-state index is 11.4. The SMILES string of the molecule is CCSCCn1c(C(=O)OC)cnc1C. The topological polar surface area (TPSA) is 44.1 Å². The summed E-state index contributed by atoms with van der Waals surface area (Å²) in [5.74, 6) is 2.60. The standard InChI is InChI=1S/C10H16N2O2S/c1-4-15-6-5-12-8(2)11-7-9(12)10(13)14-3/h7H,4-6H2,1-3H3. The van der Waals surface area contributed by atoms with Crippen LogP contribution in [0, 0.1) is 6.92 Å². The molecule has 0 radical (unpaired) electrons. The van der Waals surface area contributed by atoms with Gasteiger partial charge in [-0.15, -0.1) is 0 Å². The second kappa shape index (κ2) is 5.80. The Bertz CT molecular complexity index is 336. The third kappa shape index (κ3) is 2.99. The molecular weight excluding hydrogens is 212 g/mol. The first-order valence-corrected chi connectivity index (χ1v) is 6.04. The van der Waals surface area contributed by atoms with E-state index in [0.717, 1.165) is 23.9 Å². The van der Waals surface area contributed by atoms with Crippen molar-refractivity contribution in [2.75, 3.05) is 18.6 Å². The molecule has 0 aliphatic heterocycles. The van der Waals surface area contributed by atoms with Gasteiger partial charge in [-0.05, 0) is 12.7 Å². The zero-order chi connectivity index (χ0) is 11.3. The van der Waals surface area contributed by atoms with Gasteiger partial charge in [-0.3, -0.25) is 0 Å². The molecule has 4 nitrogen and oxygen atoms in total. The smallest absolute Gasteiger partial charge is 0.356 e. The van der Waals surface area contributed by atoms with Gasteiger partial charge < -0.3 is 9.30 Å². The number of esters is 1. The number of imidazole rings is 1. The van der Waals surface area contributed by atoms with E-state index < -0.39 is 0 Å². The van der Waals surface area contributed by atoms with Crippen molar-refractivity contribution < 1.29 is 9.53 Å². The van der Waals surface area contributed by atoms with Crippen molar-refractivity contribution in [1.29, 1.82) is 0 Å². The fourth-order valence-electron chi connectivity index (χ4n) is 1.32. The maximum Gasteiger partial charge on any atom is 0.356 e. The first-order valence-electron chi connectivity index (χ1n) is 4.88. The molecule has 1 aromatic rings. The first kappa shape index (κ1) is 12.1. The van der Waals surface area contributed by atoms with E-state index in [1.54, 1.807) is 6.20 Å². The molecule has 0 amide bonds. The van der Waals surface area contributed by atoms with Crippen LogP contribution in [0.2, 0.25) is 0 Å². The Morgan fingerprint density at radius 1 is 1.67 bits per heavy atom. The normalized spacial score (nSPS) is 10.3. The Morgan fingerprint density at radius 3 is 3.00 bits per heavy atom. The van der Waals surface area contributed by atoms with Crippen LogP contribution in [0.5, 0.6) is 0 Å². The van der Waals surface area contributed by atoms with Crippen LogP contribution in [0.15, 0.2) is 6.20 Å². The number of carbonyl (C=O) groups excluding carboxylic acids is 1. The van der Waals surface area contributed by atoms with Crippen LogP contribution in [0.1, 0.15) is 23.2 Å². The molecule has 0 spiro atoms. The van der Waals surface area contributed by atoms with E-state index in [1.807, 2.05) is 23.3 Å². The molecule has 0 atom stereocenters. The summed E-state index contributed by atoms with van der Waals surface area (Å²) in [6, 6.07) is 0. The Labute approximate surface area is 94.0 Å². The van der Waals surface area contributed by atoms with Crippen LogP contribution in [-0.4, -0.2) is 34.1 Å². The van der Waals surface area contributed by atoms with E-state index in [0.29, 0.717) is 5.69 Å².